The molecule has 1 aliphatic heterocycles. The Labute approximate surface area is 114 Å². The molecule has 1 aromatic carbocycles. The van der Waals surface area contributed by atoms with Crippen molar-refractivity contribution in [3.8, 4) is 0 Å². The quantitative estimate of drug-likeness (QED) is 0.885. The van der Waals surface area contributed by atoms with Crippen LogP contribution in [0.1, 0.15) is 11.1 Å². The lowest BCUT2D eigenvalue weighted by atomic mass is 10.1. The summed E-state index contributed by atoms with van der Waals surface area (Å²) in [7, 11) is 0. The molecular weight excluding hydrogens is 269 g/mol. The number of alkyl halides is 3. The zero-order chi connectivity index (χ0) is 14.3. The number of nitrogens with one attached hydrogen (secondary N) is 2. The molecule has 2 unspecified atom stereocenters. The Kier molecular flexibility index (Phi) is 3.20. The summed E-state index contributed by atoms with van der Waals surface area (Å²) < 4.78 is 37.2. The summed E-state index contributed by atoms with van der Waals surface area (Å²) in [6, 6.07) is 4.99. The first-order chi connectivity index (χ1) is 9.45. The number of benzene rings is 1. The van der Waals surface area contributed by atoms with Gasteiger partial charge >= 0.3 is 6.18 Å². The lowest BCUT2D eigenvalue weighted by molar-refractivity contribution is -0.137. The highest BCUT2D eigenvalue weighted by Gasteiger charge is 2.53. The van der Waals surface area contributed by atoms with Gasteiger partial charge in [-0.05, 0) is 29.5 Å². The lowest BCUT2D eigenvalue weighted by Gasteiger charge is -2.09. The average Bonchev–Trinajstić information content (AvgIpc) is 2.83. The van der Waals surface area contributed by atoms with Gasteiger partial charge in [-0.15, -0.1) is 0 Å². The number of carbonyl (C=O) groups is 1. The van der Waals surface area contributed by atoms with Crippen molar-refractivity contribution in [2.24, 2.45) is 11.8 Å². The number of hydrogen-bond donors (Lipinski definition) is 2. The van der Waals surface area contributed by atoms with E-state index in [4.69, 9.17) is 0 Å². The van der Waals surface area contributed by atoms with Crippen molar-refractivity contribution in [2.75, 3.05) is 13.1 Å². The number of rotatable bonds is 3. The highest BCUT2D eigenvalue weighted by Crippen LogP contribution is 2.41. The van der Waals surface area contributed by atoms with E-state index in [1.54, 1.807) is 0 Å². The van der Waals surface area contributed by atoms with Crippen molar-refractivity contribution in [1.82, 2.24) is 10.6 Å². The fourth-order valence-corrected chi connectivity index (χ4v) is 2.87. The fourth-order valence-electron chi connectivity index (χ4n) is 2.87. The van der Waals surface area contributed by atoms with Crippen molar-refractivity contribution in [3.05, 3.63) is 35.4 Å². The van der Waals surface area contributed by atoms with Gasteiger partial charge in [-0.3, -0.25) is 4.79 Å². The zero-order valence-corrected chi connectivity index (χ0v) is 10.7. The second-order valence-corrected chi connectivity index (χ2v) is 5.45. The standard InChI is InChI=1S/C14H15F3N2O/c15-14(16,17)9-3-1-8(2-4-9)5-12(20)19-13-10-6-18-7-11(10)13/h1-4,10-11,13,18H,5-7H2,(H,19,20). The number of halogens is 3. The third kappa shape index (κ3) is 2.65. The monoisotopic (exact) mass is 284 g/mol. The summed E-state index contributed by atoms with van der Waals surface area (Å²) in [5.74, 6) is 0.947. The molecule has 3 nitrogen and oxygen atoms in total. The van der Waals surface area contributed by atoms with Crippen LogP contribution in [0.5, 0.6) is 0 Å². The van der Waals surface area contributed by atoms with Gasteiger partial charge in [0, 0.05) is 19.1 Å². The van der Waals surface area contributed by atoms with Gasteiger partial charge in [0.1, 0.15) is 0 Å². The van der Waals surface area contributed by atoms with Crippen LogP contribution in [0, 0.1) is 11.8 Å². The number of carbonyl (C=O) groups excluding carboxylic acids is 1. The van der Waals surface area contributed by atoms with Gasteiger partial charge in [0.15, 0.2) is 0 Å². The first-order valence-electron chi connectivity index (χ1n) is 6.61. The van der Waals surface area contributed by atoms with E-state index in [9.17, 15) is 18.0 Å². The summed E-state index contributed by atoms with van der Waals surface area (Å²) in [6.45, 7) is 1.88. The second-order valence-electron chi connectivity index (χ2n) is 5.45. The maximum Gasteiger partial charge on any atom is 0.416 e. The molecule has 1 heterocycles. The Morgan fingerprint density at radius 1 is 1.20 bits per heavy atom. The predicted octanol–water partition coefficient (Wildman–Crippen LogP) is 1.58. The largest absolute Gasteiger partial charge is 0.416 e. The van der Waals surface area contributed by atoms with Crippen LogP contribution >= 0.6 is 0 Å². The van der Waals surface area contributed by atoms with E-state index in [0.29, 0.717) is 17.4 Å². The van der Waals surface area contributed by atoms with Gasteiger partial charge in [0.05, 0.1) is 12.0 Å². The van der Waals surface area contributed by atoms with Gasteiger partial charge in [-0.1, -0.05) is 12.1 Å². The first kappa shape index (κ1) is 13.4. The summed E-state index contributed by atoms with van der Waals surface area (Å²) in [4.78, 5) is 11.8. The van der Waals surface area contributed by atoms with Gasteiger partial charge in [0.25, 0.3) is 0 Å². The second kappa shape index (κ2) is 4.77. The van der Waals surface area contributed by atoms with E-state index < -0.39 is 11.7 Å². The molecule has 1 aromatic rings. The smallest absolute Gasteiger partial charge is 0.352 e. The molecule has 6 heteroatoms. The van der Waals surface area contributed by atoms with E-state index in [-0.39, 0.29) is 18.4 Å². The van der Waals surface area contributed by atoms with Gasteiger partial charge in [-0.25, -0.2) is 0 Å². The van der Waals surface area contributed by atoms with Crippen LogP contribution in [0.2, 0.25) is 0 Å². The molecule has 2 atom stereocenters. The number of piperidine rings is 1. The van der Waals surface area contributed by atoms with E-state index in [1.807, 2.05) is 0 Å². The molecule has 2 aliphatic rings. The summed E-state index contributed by atoms with van der Waals surface area (Å²) >= 11 is 0. The Morgan fingerprint density at radius 2 is 1.80 bits per heavy atom. The van der Waals surface area contributed by atoms with Crippen LogP contribution in [0.3, 0.4) is 0 Å². The first-order valence-corrected chi connectivity index (χ1v) is 6.61. The van der Waals surface area contributed by atoms with Crippen molar-refractivity contribution >= 4 is 5.91 Å². The zero-order valence-electron chi connectivity index (χ0n) is 10.7. The molecule has 1 aliphatic carbocycles. The highest BCUT2D eigenvalue weighted by atomic mass is 19.4. The van der Waals surface area contributed by atoms with Crippen molar-refractivity contribution in [1.29, 1.82) is 0 Å². The van der Waals surface area contributed by atoms with Gasteiger partial charge in [0.2, 0.25) is 5.91 Å². The number of fused-ring (bicyclic) bond motifs is 1. The highest BCUT2D eigenvalue weighted by molar-refractivity contribution is 5.79. The minimum Gasteiger partial charge on any atom is -0.352 e. The predicted molar refractivity (Wildman–Crippen MR) is 66.9 cm³/mol. The molecule has 1 saturated heterocycles. The van der Waals surface area contributed by atoms with Crippen molar-refractivity contribution in [2.45, 2.75) is 18.6 Å². The molecule has 2 fully saturated rings. The van der Waals surface area contributed by atoms with Crippen LogP contribution in [0.15, 0.2) is 24.3 Å². The molecule has 0 bridgehead atoms. The Hall–Kier alpha value is -1.56. The molecule has 0 aromatic heterocycles. The molecule has 1 saturated carbocycles. The number of hydrogen-bond acceptors (Lipinski definition) is 2. The number of amides is 1. The third-order valence-corrected chi connectivity index (χ3v) is 4.07. The SMILES string of the molecule is O=C(Cc1ccc(C(F)(F)F)cc1)NC1C2CNCC21. The third-order valence-electron chi connectivity index (χ3n) is 4.07. The molecule has 0 radical (unpaired) electrons. The minimum atomic E-state index is -4.33. The molecular formula is C14H15F3N2O. The maximum absolute atomic E-state index is 12.4. The van der Waals surface area contributed by atoms with Gasteiger partial charge in [-0.2, -0.15) is 13.2 Å². The molecule has 2 N–H and O–H groups in total. The normalized spacial score (nSPS) is 28.1. The Balaban J connectivity index is 1.54. The van der Waals surface area contributed by atoms with E-state index in [0.717, 1.165) is 25.2 Å². The van der Waals surface area contributed by atoms with Crippen LogP contribution in [0.25, 0.3) is 0 Å². The average molecular weight is 284 g/mol. The van der Waals surface area contributed by atoms with Crippen molar-refractivity contribution in [3.63, 3.8) is 0 Å². The van der Waals surface area contributed by atoms with E-state index >= 15 is 0 Å². The summed E-state index contributed by atoms with van der Waals surface area (Å²) in [5.41, 5.74) is -0.0936. The molecule has 0 spiro atoms. The maximum atomic E-state index is 12.4. The van der Waals surface area contributed by atoms with Crippen LogP contribution < -0.4 is 10.6 Å². The van der Waals surface area contributed by atoms with Crippen LogP contribution in [-0.4, -0.2) is 25.0 Å². The van der Waals surface area contributed by atoms with Gasteiger partial charge < -0.3 is 10.6 Å². The van der Waals surface area contributed by atoms with E-state index in [1.165, 1.54) is 12.1 Å². The topological polar surface area (TPSA) is 41.1 Å². The van der Waals surface area contributed by atoms with Crippen LogP contribution in [-0.2, 0) is 17.4 Å². The molecule has 1 amide bonds. The Bertz CT molecular complexity index is 502. The fraction of sp³-hybridized carbons (Fsp3) is 0.500. The lowest BCUT2D eigenvalue weighted by Crippen LogP contribution is -2.33. The molecule has 3 rings (SSSR count). The molecule has 108 valence electrons. The van der Waals surface area contributed by atoms with E-state index in [2.05, 4.69) is 10.6 Å². The summed E-state index contributed by atoms with van der Waals surface area (Å²) in [5, 5.41) is 6.19. The summed E-state index contributed by atoms with van der Waals surface area (Å²) in [6.07, 6.45) is -4.21. The minimum absolute atomic E-state index is 0.121. The van der Waals surface area contributed by atoms with Crippen molar-refractivity contribution < 1.29 is 18.0 Å². The Morgan fingerprint density at radius 3 is 2.35 bits per heavy atom. The van der Waals surface area contributed by atoms with Crippen LogP contribution in [0.4, 0.5) is 13.2 Å². The molecule has 20 heavy (non-hydrogen) atoms.